The van der Waals surface area contributed by atoms with Gasteiger partial charge in [0.15, 0.2) is 0 Å². The van der Waals surface area contributed by atoms with Crippen molar-refractivity contribution in [2.24, 2.45) is 0 Å². The molecule has 0 spiro atoms. The van der Waals surface area contributed by atoms with E-state index in [4.69, 9.17) is 39.9 Å². The summed E-state index contributed by atoms with van der Waals surface area (Å²) in [4.78, 5) is 0. The van der Waals surface area contributed by atoms with Crippen molar-refractivity contribution in [1.82, 2.24) is 0 Å². The van der Waals surface area contributed by atoms with E-state index in [0.717, 1.165) is 5.56 Å². The van der Waals surface area contributed by atoms with Crippen molar-refractivity contribution in [3.8, 4) is 69.0 Å². The molecular weight excluding hydrogens is 640 g/mol. The Morgan fingerprint density at radius 2 is 0.529 bits per heavy atom. The lowest BCUT2D eigenvalue weighted by Crippen LogP contribution is -1.93. The molecule has 8 heteroatoms. The van der Waals surface area contributed by atoms with Crippen molar-refractivity contribution in [1.29, 1.82) is 0 Å². The predicted molar refractivity (Wildman–Crippen MR) is 199 cm³/mol. The Labute approximate surface area is 295 Å². The molecule has 0 fully saturated rings. The summed E-state index contributed by atoms with van der Waals surface area (Å²) >= 11 is 0. The van der Waals surface area contributed by atoms with E-state index >= 15 is 0 Å². The summed E-state index contributed by atoms with van der Waals surface area (Å²) in [5.74, 6) is 7.51. The van der Waals surface area contributed by atoms with Crippen LogP contribution in [0.4, 0.5) is 11.4 Å². The van der Waals surface area contributed by atoms with Crippen molar-refractivity contribution in [3.63, 3.8) is 0 Å². The van der Waals surface area contributed by atoms with Crippen molar-refractivity contribution >= 4 is 11.4 Å². The van der Waals surface area contributed by atoms with Gasteiger partial charge in [0.25, 0.3) is 0 Å². The summed E-state index contributed by atoms with van der Waals surface area (Å²) in [5, 5.41) is 0. The molecule has 0 unspecified atom stereocenters. The molecule has 0 amide bonds. The number of benzene rings is 7. The molecule has 0 saturated carbocycles. The van der Waals surface area contributed by atoms with Crippen LogP contribution in [-0.4, -0.2) is 0 Å². The summed E-state index contributed by atoms with van der Waals surface area (Å²) < 4.78 is 36.8. The monoisotopic (exact) mass is 674 g/mol. The van der Waals surface area contributed by atoms with Crippen molar-refractivity contribution in [2.45, 2.75) is 6.92 Å². The van der Waals surface area contributed by atoms with Gasteiger partial charge in [0.1, 0.15) is 69.0 Å². The maximum absolute atomic E-state index is 6.30. The molecule has 7 aromatic carbocycles. The molecule has 0 radical (unpaired) electrons. The number of nitrogens with two attached hydrogens (primary N) is 2. The van der Waals surface area contributed by atoms with Crippen LogP contribution in [0.1, 0.15) is 5.56 Å². The second-order valence-electron chi connectivity index (χ2n) is 11.5. The zero-order valence-electron chi connectivity index (χ0n) is 27.7. The van der Waals surface area contributed by atoms with Gasteiger partial charge in [-0.3, -0.25) is 0 Å². The highest BCUT2D eigenvalue weighted by Crippen LogP contribution is 2.37. The number of anilines is 2. The molecule has 0 aliphatic heterocycles. The molecule has 8 nitrogen and oxygen atoms in total. The smallest absolute Gasteiger partial charge is 0.134 e. The Bertz CT molecular complexity index is 2130. The lowest BCUT2D eigenvalue weighted by atomic mass is 10.2. The molecule has 0 saturated heterocycles. The minimum Gasteiger partial charge on any atom is -0.457 e. The SMILES string of the molecule is Cc1c(Oc2cccc(Oc3cccc(Oc4cccc(N)c4)c3)c2)cccc1Oc1cccc(Oc2cccc(Oc3cccc(N)c3)c2)c1. The fraction of sp³-hybridized carbons (Fsp3) is 0.0233. The van der Waals surface area contributed by atoms with E-state index in [0.29, 0.717) is 80.4 Å². The van der Waals surface area contributed by atoms with Crippen LogP contribution in [0.15, 0.2) is 164 Å². The fourth-order valence-electron chi connectivity index (χ4n) is 5.17. The van der Waals surface area contributed by atoms with Gasteiger partial charge in [-0.15, -0.1) is 0 Å². The molecule has 7 rings (SSSR count). The summed E-state index contributed by atoms with van der Waals surface area (Å²) in [6.45, 7) is 1.95. The average Bonchev–Trinajstić information content (AvgIpc) is 3.11. The Kier molecular flexibility index (Phi) is 9.56. The van der Waals surface area contributed by atoms with Gasteiger partial charge in [-0.2, -0.15) is 0 Å². The maximum Gasteiger partial charge on any atom is 0.134 e. The zero-order chi connectivity index (χ0) is 35.0. The van der Waals surface area contributed by atoms with E-state index in [1.165, 1.54) is 0 Å². The third-order valence-corrected chi connectivity index (χ3v) is 7.57. The van der Waals surface area contributed by atoms with E-state index < -0.39 is 0 Å². The Morgan fingerprint density at radius 1 is 0.294 bits per heavy atom. The van der Waals surface area contributed by atoms with E-state index in [-0.39, 0.29) is 0 Å². The molecule has 4 N–H and O–H groups in total. The van der Waals surface area contributed by atoms with E-state index in [1.807, 2.05) is 159 Å². The highest BCUT2D eigenvalue weighted by molar-refractivity contribution is 5.51. The largest absolute Gasteiger partial charge is 0.457 e. The second kappa shape index (κ2) is 15.0. The number of ether oxygens (including phenoxy) is 6. The molecular formula is C43H34N2O6. The average molecular weight is 675 g/mol. The molecule has 252 valence electrons. The fourth-order valence-corrected chi connectivity index (χ4v) is 5.17. The first-order chi connectivity index (χ1) is 24.9. The summed E-state index contributed by atoms with van der Waals surface area (Å²) in [5.41, 5.74) is 13.9. The summed E-state index contributed by atoms with van der Waals surface area (Å²) in [6.07, 6.45) is 0. The van der Waals surface area contributed by atoms with Crippen LogP contribution in [0.2, 0.25) is 0 Å². The van der Waals surface area contributed by atoms with E-state index in [2.05, 4.69) is 0 Å². The quantitative estimate of drug-likeness (QED) is 0.123. The second-order valence-corrected chi connectivity index (χ2v) is 11.5. The van der Waals surface area contributed by atoms with Gasteiger partial charge in [0, 0.05) is 53.3 Å². The molecule has 0 bridgehead atoms. The van der Waals surface area contributed by atoms with Gasteiger partial charge in [-0.05, 0) is 91.9 Å². The molecule has 0 heterocycles. The normalized spacial score (nSPS) is 10.6. The van der Waals surface area contributed by atoms with Crippen LogP contribution in [-0.2, 0) is 0 Å². The van der Waals surface area contributed by atoms with Crippen LogP contribution >= 0.6 is 0 Å². The number of hydrogen-bond acceptors (Lipinski definition) is 8. The van der Waals surface area contributed by atoms with Crippen LogP contribution in [0.5, 0.6) is 69.0 Å². The molecule has 0 aromatic heterocycles. The van der Waals surface area contributed by atoms with Crippen LogP contribution < -0.4 is 39.9 Å². The standard InChI is InChI=1S/C43H34N2O6/c1-29-42(50-40-19-6-17-38(27-40)48-36-15-4-13-34(25-36)46-32-11-2-9-30(44)23-32)21-8-22-43(29)51-41-20-7-18-39(28-41)49-37-16-5-14-35(26-37)47-33-12-3-10-31(45)24-33/h2-28H,44-45H2,1H3. The molecule has 51 heavy (non-hydrogen) atoms. The van der Waals surface area contributed by atoms with Gasteiger partial charge >= 0.3 is 0 Å². The van der Waals surface area contributed by atoms with Gasteiger partial charge in [-0.1, -0.05) is 42.5 Å². The summed E-state index contributed by atoms with van der Waals surface area (Å²) in [7, 11) is 0. The summed E-state index contributed by atoms with van der Waals surface area (Å²) in [6, 6.07) is 49.9. The molecule has 0 atom stereocenters. The molecule has 0 aliphatic carbocycles. The highest BCUT2D eigenvalue weighted by atomic mass is 16.5. The van der Waals surface area contributed by atoms with Gasteiger partial charge < -0.3 is 39.9 Å². The highest BCUT2D eigenvalue weighted by Gasteiger charge is 2.11. The minimum atomic E-state index is 0.609. The van der Waals surface area contributed by atoms with Crippen LogP contribution in [0, 0.1) is 6.92 Å². The van der Waals surface area contributed by atoms with Crippen LogP contribution in [0.3, 0.4) is 0 Å². The minimum absolute atomic E-state index is 0.609. The van der Waals surface area contributed by atoms with Gasteiger partial charge in [0.05, 0.1) is 0 Å². The third-order valence-electron chi connectivity index (χ3n) is 7.57. The lowest BCUT2D eigenvalue weighted by Gasteiger charge is -2.15. The Balaban J connectivity index is 1.00. The third kappa shape index (κ3) is 8.70. The first kappa shape index (κ1) is 32.5. The maximum atomic E-state index is 6.30. The first-order valence-electron chi connectivity index (χ1n) is 16.2. The van der Waals surface area contributed by atoms with Crippen molar-refractivity contribution in [3.05, 3.63) is 169 Å². The van der Waals surface area contributed by atoms with Crippen molar-refractivity contribution in [2.75, 3.05) is 11.5 Å². The van der Waals surface area contributed by atoms with E-state index in [9.17, 15) is 0 Å². The number of hydrogen-bond donors (Lipinski definition) is 2. The topological polar surface area (TPSA) is 107 Å². The number of nitrogen functional groups attached to an aromatic ring is 2. The predicted octanol–water partition coefficient (Wildman–Crippen LogP) is 11.9. The van der Waals surface area contributed by atoms with E-state index in [1.54, 1.807) is 12.1 Å². The van der Waals surface area contributed by atoms with Crippen molar-refractivity contribution < 1.29 is 28.4 Å². The lowest BCUT2D eigenvalue weighted by molar-refractivity contribution is 0.440. The Hall–Kier alpha value is -7.06. The van der Waals surface area contributed by atoms with Gasteiger partial charge in [0.2, 0.25) is 0 Å². The number of rotatable bonds is 12. The zero-order valence-corrected chi connectivity index (χ0v) is 27.7. The molecule has 7 aromatic rings. The van der Waals surface area contributed by atoms with Crippen LogP contribution in [0.25, 0.3) is 0 Å². The first-order valence-corrected chi connectivity index (χ1v) is 16.2. The molecule has 0 aliphatic rings. The van der Waals surface area contributed by atoms with Gasteiger partial charge in [-0.25, -0.2) is 0 Å². The Morgan fingerprint density at radius 3 is 0.824 bits per heavy atom.